The normalized spacial score (nSPS) is 12.9. The Bertz CT molecular complexity index is 408. The third-order valence-electron chi connectivity index (χ3n) is 2.68. The van der Waals surface area contributed by atoms with Gasteiger partial charge in [-0.3, -0.25) is 10.1 Å². The monoisotopic (exact) mass is 272 g/mol. The van der Waals surface area contributed by atoms with Crippen molar-refractivity contribution in [1.82, 2.24) is 10.2 Å². The van der Waals surface area contributed by atoms with Crippen molar-refractivity contribution >= 4 is 5.97 Å². The quantitative estimate of drug-likeness (QED) is 0.796. The first-order valence-electron chi connectivity index (χ1n) is 5.90. The van der Waals surface area contributed by atoms with Gasteiger partial charge in [-0.2, -0.15) is 0 Å². The van der Waals surface area contributed by atoms with Gasteiger partial charge in [0.05, 0.1) is 0 Å². The van der Waals surface area contributed by atoms with Gasteiger partial charge in [0, 0.05) is 18.7 Å². The molecule has 0 aliphatic rings. The van der Waals surface area contributed by atoms with Crippen molar-refractivity contribution in [3.63, 3.8) is 0 Å². The lowest BCUT2D eigenvalue weighted by molar-refractivity contribution is -0.139. The fourth-order valence-corrected chi connectivity index (χ4v) is 1.61. The molecule has 0 fully saturated rings. The number of benzene rings is 1. The van der Waals surface area contributed by atoms with Gasteiger partial charge in [-0.25, -0.2) is 8.78 Å². The number of carboxylic acid groups (broad SMARTS) is 1. The Morgan fingerprint density at radius 2 is 1.79 bits per heavy atom. The molecule has 0 aromatic heterocycles. The van der Waals surface area contributed by atoms with Crippen molar-refractivity contribution in [1.29, 1.82) is 0 Å². The van der Waals surface area contributed by atoms with E-state index in [0.717, 1.165) is 0 Å². The summed E-state index contributed by atoms with van der Waals surface area (Å²) in [6, 6.07) is 4.46. The molecule has 0 amide bonds. The molecular formula is C13H18F2N2O2. The van der Waals surface area contributed by atoms with Crippen LogP contribution in [0.1, 0.15) is 23.6 Å². The van der Waals surface area contributed by atoms with Crippen LogP contribution in [0, 0.1) is 0 Å². The van der Waals surface area contributed by atoms with E-state index < -0.39 is 18.4 Å². The molecule has 2 N–H and O–H groups in total. The van der Waals surface area contributed by atoms with Gasteiger partial charge in [0.25, 0.3) is 6.43 Å². The maximum absolute atomic E-state index is 12.4. The molecule has 0 aliphatic carbocycles. The summed E-state index contributed by atoms with van der Waals surface area (Å²) in [6.45, 7) is 1.19. The molecule has 1 unspecified atom stereocenters. The Morgan fingerprint density at radius 1 is 1.26 bits per heavy atom. The largest absolute Gasteiger partial charge is 0.480 e. The maximum atomic E-state index is 12.4. The zero-order valence-corrected chi connectivity index (χ0v) is 10.9. The molecule has 0 spiro atoms. The van der Waals surface area contributed by atoms with Gasteiger partial charge in [0.1, 0.15) is 6.04 Å². The van der Waals surface area contributed by atoms with E-state index in [0.29, 0.717) is 18.7 Å². The van der Waals surface area contributed by atoms with E-state index in [1.807, 2.05) is 19.0 Å². The first kappa shape index (κ1) is 15.5. The summed E-state index contributed by atoms with van der Waals surface area (Å²) >= 11 is 0. The molecule has 0 heterocycles. The molecule has 106 valence electrons. The number of carboxylic acids is 1. The van der Waals surface area contributed by atoms with Crippen LogP contribution in [-0.4, -0.2) is 43.2 Å². The summed E-state index contributed by atoms with van der Waals surface area (Å²) in [4.78, 5) is 13.1. The lowest BCUT2D eigenvalue weighted by Crippen LogP contribution is -2.33. The predicted molar refractivity (Wildman–Crippen MR) is 68.3 cm³/mol. The average Bonchev–Trinajstić information content (AvgIpc) is 2.34. The van der Waals surface area contributed by atoms with Gasteiger partial charge in [-0.15, -0.1) is 0 Å². The number of hydrogen-bond acceptors (Lipinski definition) is 3. The molecule has 0 aliphatic heterocycles. The highest BCUT2D eigenvalue weighted by atomic mass is 19.3. The highest BCUT2D eigenvalue weighted by molar-refractivity contribution is 5.75. The number of aliphatic carboxylic acids is 1. The Morgan fingerprint density at radius 3 is 2.21 bits per heavy atom. The number of alkyl halides is 2. The van der Waals surface area contributed by atoms with Gasteiger partial charge in [-0.05, 0) is 19.7 Å². The maximum Gasteiger partial charge on any atom is 0.325 e. The van der Waals surface area contributed by atoms with Crippen LogP contribution in [0.3, 0.4) is 0 Å². The van der Waals surface area contributed by atoms with E-state index in [2.05, 4.69) is 5.32 Å². The van der Waals surface area contributed by atoms with Crippen LogP contribution < -0.4 is 5.32 Å². The van der Waals surface area contributed by atoms with Gasteiger partial charge in [0.15, 0.2) is 0 Å². The number of nitrogens with zero attached hydrogens (tertiary/aromatic N) is 1. The molecule has 19 heavy (non-hydrogen) atoms. The second kappa shape index (κ2) is 7.16. The number of likely N-dealkylation sites (N-methyl/N-ethyl adjacent to an activating group) is 1. The van der Waals surface area contributed by atoms with E-state index in [-0.39, 0.29) is 5.56 Å². The summed E-state index contributed by atoms with van der Waals surface area (Å²) in [6.07, 6.45) is -2.54. The second-order valence-corrected chi connectivity index (χ2v) is 4.50. The summed E-state index contributed by atoms with van der Waals surface area (Å²) < 4.78 is 24.8. The fourth-order valence-electron chi connectivity index (χ4n) is 1.61. The van der Waals surface area contributed by atoms with Crippen LogP contribution in [0.2, 0.25) is 0 Å². The van der Waals surface area contributed by atoms with Crippen LogP contribution in [0.25, 0.3) is 0 Å². The zero-order chi connectivity index (χ0) is 14.4. The van der Waals surface area contributed by atoms with Crippen LogP contribution in [0.4, 0.5) is 8.78 Å². The molecule has 0 radical (unpaired) electrons. The molecule has 1 rings (SSSR count). The lowest BCUT2D eigenvalue weighted by Gasteiger charge is -2.17. The number of rotatable bonds is 7. The molecule has 6 heteroatoms. The fraction of sp³-hybridized carbons (Fsp3) is 0.462. The van der Waals surface area contributed by atoms with Gasteiger partial charge in [-0.1, -0.05) is 24.3 Å². The van der Waals surface area contributed by atoms with Crippen molar-refractivity contribution < 1.29 is 18.7 Å². The van der Waals surface area contributed by atoms with Crippen LogP contribution in [-0.2, 0) is 4.79 Å². The molecule has 0 bridgehead atoms. The van der Waals surface area contributed by atoms with Crippen molar-refractivity contribution in [3.8, 4) is 0 Å². The summed E-state index contributed by atoms with van der Waals surface area (Å²) in [5.74, 6) is -1.02. The summed E-state index contributed by atoms with van der Waals surface area (Å²) in [5, 5.41) is 12.0. The highest BCUT2D eigenvalue weighted by Gasteiger charge is 2.19. The van der Waals surface area contributed by atoms with E-state index in [4.69, 9.17) is 5.11 Å². The Kier molecular flexibility index (Phi) is 5.85. The van der Waals surface area contributed by atoms with E-state index in [1.165, 1.54) is 24.3 Å². The van der Waals surface area contributed by atoms with E-state index in [9.17, 15) is 13.6 Å². The summed E-state index contributed by atoms with van der Waals surface area (Å²) in [5.41, 5.74) is 0.358. The molecule has 0 saturated heterocycles. The Balaban J connectivity index is 2.73. The number of carbonyl (C=O) groups is 1. The van der Waals surface area contributed by atoms with E-state index >= 15 is 0 Å². The number of halogens is 2. The first-order valence-corrected chi connectivity index (χ1v) is 5.90. The van der Waals surface area contributed by atoms with Crippen molar-refractivity contribution in [2.24, 2.45) is 0 Å². The van der Waals surface area contributed by atoms with Crippen LogP contribution >= 0.6 is 0 Å². The molecular weight excluding hydrogens is 254 g/mol. The minimum Gasteiger partial charge on any atom is -0.480 e. The third-order valence-corrected chi connectivity index (χ3v) is 2.68. The van der Waals surface area contributed by atoms with Gasteiger partial charge >= 0.3 is 5.97 Å². The zero-order valence-electron chi connectivity index (χ0n) is 10.9. The smallest absolute Gasteiger partial charge is 0.325 e. The Hall–Kier alpha value is -1.53. The lowest BCUT2D eigenvalue weighted by atomic mass is 10.0. The molecule has 0 saturated carbocycles. The van der Waals surface area contributed by atoms with Crippen LogP contribution in [0.5, 0.6) is 0 Å². The minimum absolute atomic E-state index is 0.110. The Labute approximate surface area is 111 Å². The standard InChI is InChI=1S/C13H18F2N2O2/c1-17(2)8-7-16-11(13(18)19)9-3-5-10(6-4-9)12(14)15/h3-6,11-12,16H,7-8H2,1-2H3,(H,18,19). The van der Waals surface area contributed by atoms with Crippen molar-refractivity contribution in [3.05, 3.63) is 35.4 Å². The SMILES string of the molecule is CN(C)CCNC(C(=O)O)c1ccc(C(F)F)cc1. The molecule has 4 nitrogen and oxygen atoms in total. The number of hydrogen-bond donors (Lipinski definition) is 2. The van der Waals surface area contributed by atoms with Crippen molar-refractivity contribution in [2.75, 3.05) is 27.2 Å². The second-order valence-electron chi connectivity index (χ2n) is 4.50. The average molecular weight is 272 g/mol. The minimum atomic E-state index is -2.54. The number of nitrogens with one attached hydrogen (secondary N) is 1. The van der Waals surface area contributed by atoms with E-state index in [1.54, 1.807) is 0 Å². The molecule has 1 atom stereocenters. The highest BCUT2D eigenvalue weighted by Crippen LogP contribution is 2.21. The predicted octanol–water partition coefficient (Wildman–Crippen LogP) is 1.90. The molecule has 1 aromatic carbocycles. The van der Waals surface area contributed by atoms with Gasteiger partial charge in [0.2, 0.25) is 0 Å². The van der Waals surface area contributed by atoms with Crippen molar-refractivity contribution in [2.45, 2.75) is 12.5 Å². The third kappa shape index (κ3) is 4.92. The summed E-state index contributed by atoms with van der Waals surface area (Å²) in [7, 11) is 3.77. The van der Waals surface area contributed by atoms with Crippen LogP contribution in [0.15, 0.2) is 24.3 Å². The first-order chi connectivity index (χ1) is 8.91. The topological polar surface area (TPSA) is 52.6 Å². The molecule has 1 aromatic rings. The van der Waals surface area contributed by atoms with Gasteiger partial charge < -0.3 is 10.0 Å².